The van der Waals surface area contributed by atoms with Crippen molar-refractivity contribution in [3.05, 3.63) is 40.3 Å². The number of aryl methyl sites for hydroxylation is 1. The van der Waals surface area contributed by atoms with E-state index in [1.165, 1.54) is 0 Å². The Morgan fingerprint density at radius 2 is 2.05 bits per heavy atom. The molecule has 0 N–H and O–H groups in total. The normalized spacial score (nSPS) is 12.8. The zero-order chi connectivity index (χ0) is 14.9. The summed E-state index contributed by atoms with van der Waals surface area (Å²) in [5.74, 6) is 2.44. The van der Waals surface area contributed by atoms with Crippen LogP contribution in [0.1, 0.15) is 11.4 Å². The van der Waals surface area contributed by atoms with Crippen LogP contribution in [0.4, 0.5) is 0 Å². The number of thioether (sulfide) groups is 1. The molecule has 1 aliphatic rings. The van der Waals surface area contributed by atoms with Crippen LogP contribution in [0.15, 0.2) is 33.3 Å². The summed E-state index contributed by atoms with van der Waals surface area (Å²) >= 11 is 5.06. The molecule has 0 fully saturated rings. The van der Waals surface area contributed by atoms with E-state index in [0.717, 1.165) is 43.6 Å². The average molecular weight is 348 g/mol. The molecule has 3 aromatic rings. The third-order valence-corrected chi connectivity index (χ3v) is 6.23. The van der Waals surface area contributed by atoms with Gasteiger partial charge in [0.05, 0.1) is 5.69 Å². The highest BCUT2D eigenvalue weighted by Crippen LogP contribution is 2.37. The van der Waals surface area contributed by atoms with Crippen LogP contribution in [-0.4, -0.2) is 16.8 Å². The predicted molar refractivity (Wildman–Crippen MR) is 90.1 cm³/mol. The van der Waals surface area contributed by atoms with Crippen molar-refractivity contribution in [1.29, 1.82) is 0 Å². The van der Waals surface area contributed by atoms with E-state index in [-0.39, 0.29) is 0 Å². The maximum atomic E-state index is 5.42. The Kier molecular flexibility index (Phi) is 3.77. The molecule has 0 radical (unpaired) electrons. The van der Waals surface area contributed by atoms with Crippen molar-refractivity contribution in [2.45, 2.75) is 17.0 Å². The van der Waals surface area contributed by atoms with Crippen molar-refractivity contribution in [2.75, 3.05) is 6.79 Å². The Balaban J connectivity index is 1.49. The third kappa shape index (κ3) is 2.84. The Labute approximate surface area is 140 Å². The number of thiazole rings is 2. The Morgan fingerprint density at radius 1 is 1.14 bits per heavy atom. The molecule has 4 rings (SSSR count). The van der Waals surface area contributed by atoms with Gasteiger partial charge in [0.15, 0.2) is 11.5 Å². The molecule has 1 aliphatic heterocycles. The number of benzene rings is 1. The highest BCUT2D eigenvalue weighted by molar-refractivity contribution is 8.00. The number of hydrogen-bond acceptors (Lipinski definition) is 7. The van der Waals surface area contributed by atoms with Crippen LogP contribution in [-0.2, 0) is 5.75 Å². The summed E-state index contributed by atoms with van der Waals surface area (Å²) in [5, 5.41) is 5.18. The molecule has 0 bridgehead atoms. The SMILES string of the molecule is Cc1csc(SCc2csc(-c3ccc4c(c3)OCO4)n2)n1. The van der Waals surface area contributed by atoms with Crippen LogP contribution < -0.4 is 9.47 Å². The fourth-order valence-corrected chi connectivity index (χ4v) is 4.73. The second-order valence-corrected chi connectivity index (χ2v) is 7.69. The van der Waals surface area contributed by atoms with E-state index in [1.54, 1.807) is 34.4 Å². The van der Waals surface area contributed by atoms with E-state index in [4.69, 9.17) is 14.5 Å². The molecule has 0 saturated carbocycles. The van der Waals surface area contributed by atoms with Gasteiger partial charge in [-0.1, -0.05) is 11.8 Å². The van der Waals surface area contributed by atoms with Crippen LogP contribution in [0.25, 0.3) is 10.6 Å². The van der Waals surface area contributed by atoms with E-state index in [2.05, 4.69) is 15.7 Å². The molecule has 0 saturated heterocycles. The van der Waals surface area contributed by atoms with Gasteiger partial charge >= 0.3 is 0 Å². The number of rotatable bonds is 4. The summed E-state index contributed by atoms with van der Waals surface area (Å²) in [6.07, 6.45) is 0. The van der Waals surface area contributed by atoms with Gasteiger partial charge in [0.1, 0.15) is 9.35 Å². The predicted octanol–water partition coefficient (Wildman–Crippen LogP) is 4.60. The summed E-state index contributed by atoms with van der Waals surface area (Å²) in [7, 11) is 0. The van der Waals surface area contributed by atoms with E-state index < -0.39 is 0 Å². The van der Waals surface area contributed by atoms with Gasteiger partial charge in [-0.25, -0.2) is 9.97 Å². The quantitative estimate of drug-likeness (QED) is 0.645. The van der Waals surface area contributed by atoms with Crippen LogP contribution in [0.5, 0.6) is 11.5 Å². The standard InChI is InChI=1S/C15H12N2O2S3/c1-9-5-21-15(16-9)22-7-11-6-20-14(17-11)10-2-3-12-13(4-10)19-8-18-12/h2-6H,7-8H2,1H3. The molecule has 0 atom stereocenters. The largest absolute Gasteiger partial charge is 0.454 e. The van der Waals surface area contributed by atoms with Crippen LogP contribution in [0, 0.1) is 6.92 Å². The molecule has 3 heterocycles. The van der Waals surface area contributed by atoms with Gasteiger partial charge in [-0.3, -0.25) is 0 Å². The molecule has 0 unspecified atom stereocenters. The van der Waals surface area contributed by atoms with Crippen molar-refractivity contribution >= 4 is 34.4 Å². The summed E-state index contributed by atoms with van der Waals surface area (Å²) in [5.41, 5.74) is 3.22. The molecule has 0 spiro atoms. The summed E-state index contributed by atoms with van der Waals surface area (Å²) in [6, 6.07) is 5.95. The lowest BCUT2D eigenvalue weighted by atomic mass is 10.2. The highest BCUT2D eigenvalue weighted by Gasteiger charge is 2.15. The molecule has 22 heavy (non-hydrogen) atoms. The third-order valence-electron chi connectivity index (χ3n) is 3.11. The first-order valence-electron chi connectivity index (χ1n) is 6.67. The maximum absolute atomic E-state index is 5.42. The van der Waals surface area contributed by atoms with Crippen LogP contribution in [0.3, 0.4) is 0 Å². The monoisotopic (exact) mass is 348 g/mol. The first-order valence-corrected chi connectivity index (χ1v) is 9.42. The lowest BCUT2D eigenvalue weighted by Crippen LogP contribution is -1.92. The number of nitrogens with zero attached hydrogens (tertiary/aromatic N) is 2. The summed E-state index contributed by atoms with van der Waals surface area (Å²) in [6.45, 7) is 2.31. The summed E-state index contributed by atoms with van der Waals surface area (Å²) in [4.78, 5) is 9.16. The first-order chi connectivity index (χ1) is 10.8. The van der Waals surface area contributed by atoms with Gasteiger partial charge in [-0.2, -0.15) is 0 Å². The molecular formula is C15H12N2O2S3. The molecule has 2 aromatic heterocycles. The number of fused-ring (bicyclic) bond motifs is 1. The molecule has 112 valence electrons. The average Bonchev–Trinajstić information content (AvgIpc) is 3.24. The Bertz CT molecular complexity index is 813. The van der Waals surface area contributed by atoms with Crippen molar-refractivity contribution in [2.24, 2.45) is 0 Å². The van der Waals surface area contributed by atoms with Crippen LogP contribution >= 0.6 is 34.4 Å². The molecule has 4 nitrogen and oxygen atoms in total. The fourth-order valence-electron chi connectivity index (χ4n) is 2.07. The van der Waals surface area contributed by atoms with Crippen molar-refractivity contribution in [1.82, 2.24) is 9.97 Å². The van der Waals surface area contributed by atoms with Gasteiger partial charge in [-0.15, -0.1) is 22.7 Å². The smallest absolute Gasteiger partial charge is 0.231 e. The topological polar surface area (TPSA) is 44.2 Å². The summed E-state index contributed by atoms with van der Waals surface area (Å²) < 4.78 is 11.8. The van der Waals surface area contributed by atoms with Crippen molar-refractivity contribution in [3.8, 4) is 22.1 Å². The minimum atomic E-state index is 0.297. The van der Waals surface area contributed by atoms with E-state index >= 15 is 0 Å². The zero-order valence-corrected chi connectivity index (χ0v) is 14.2. The maximum Gasteiger partial charge on any atom is 0.231 e. The highest BCUT2D eigenvalue weighted by atomic mass is 32.2. The van der Waals surface area contributed by atoms with Gasteiger partial charge in [0.2, 0.25) is 6.79 Å². The zero-order valence-electron chi connectivity index (χ0n) is 11.7. The van der Waals surface area contributed by atoms with E-state index in [9.17, 15) is 0 Å². The van der Waals surface area contributed by atoms with Gasteiger partial charge in [0, 0.05) is 27.8 Å². The van der Waals surface area contributed by atoms with Gasteiger partial charge < -0.3 is 9.47 Å². The molecular weight excluding hydrogens is 336 g/mol. The molecule has 7 heteroatoms. The van der Waals surface area contributed by atoms with Crippen molar-refractivity contribution < 1.29 is 9.47 Å². The van der Waals surface area contributed by atoms with Crippen LogP contribution in [0.2, 0.25) is 0 Å². The first kappa shape index (κ1) is 14.0. The number of hydrogen-bond donors (Lipinski definition) is 0. The minimum Gasteiger partial charge on any atom is -0.454 e. The number of ether oxygens (including phenoxy) is 2. The Morgan fingerprint density at radius 3 is 2.91 bits per heavy atom. The number of aromatic nitrogens is 2. The molecule has 0 amide bonds. The van der Waals surface area contributed by atoms with Gasteiger partial charge in [-0.05, 0) is 25.1 Å². The van der Waals surface area contributed by atoms with Gasteiger partial charge in [0.25, 0.3) is 0 Å². The fraction of sp³-hybridized carbons (Fsp3) is 0.200. The second-order valence-electron chi connectivity index (χ2n) is 4.76. The molecule has 1 aromatic carbocycles. The van der Waals surface area contributed by atoms with Crippen molar-refractivity contribution in [3.63, 3.8) is 0 Å². The second kappa shape index (κ2) is 5.91. The van der Waals surface area contributed by atoms with E-state index in [0.29, 0.717) is 6.79 Å². The lowest BCUT2D eigenvalue weighted by molar-refractivity contribution is 0.174. The lowest BCUT2D eigenvalue weighted by Gasteiger charge is -1.99. The minimum absolute atomic E-state index is 0.297. The Hall–Kier alpha value is -1.57. The molecule has 0 aliphatic carbocycles. The van der Waals surface area contributed by atoms with E-state index in [1.807, 2.05) is 25.1 Å².